The Bertz CT molecular complexity index is 535. The molecule has 0 aliphatic carbocycles. The van der Waals surface area contributed by atoms with Crippen LogP contribution in [0.1, 0.15) is 29.3 Å². The zero-order valence-corrected chi connectivity index (χ0v) is 10.8. The Morgan fingerprint density at radius 1 is 1.32 bits per heavy atom. The van der Waals surface area contributed by atoms with Crippen LogP contribution in [-0.4, -0.2) is 55.7 Å². The van der Waals surface area contributed by atoms with Gasteiger partial charge in [-0.3, -0.25) is 4.79 Å². The van der Waals surface area contributed by atoms with Crippen molar-refractivity contribution in [3.8, 4) is 0 Å². The summed E-state index contributed by atoms with van der Waals surface area (Å²) in [6.07, 6.45) is 0. The van der Waals surface area contributed by atoms with Gasteiger partial charge in [-0.05, 0) is 19.1 Å². The molecule has 1 atom stereocenters. The van der Waals surface area contributed by atoms with E-state index in [1.54, 1.807) is 26.2 Å². The minimum absolute atomic E-state index is 0.163. The summed E-state index contributed by atoms with van der Waals surface area (Å²) >= 11 is 0. The summed E-state index contributed by atoms with van der Waals surface area (Å²) in [4.78, 5) is 13.1. The zero-order valence-electron chi connectivity index (χ0n) is 10.8. The number of nitrogens with zero attached hydrogens (tertiary/aromatic N) is 6. The second-order valence-corrected chi connectivity index (χ2v) is 4.14. The van der Waals surface area contributed by atoms with E-state index in [1.165, 1.54) is 4.90 Å². The fourth-order valence-electron chi connectivity index (χ4n) is 1.39. The molecule has 0 bridgehead atoms. The molecule has 0 aliphatic heterocycles. The van der Waals surface area contributed by atoms with Crippen molar-refractivity contribution in [2.24, 2.45) is 0 Å². The normalized spacial score (nSPS) is 11.9. The fraction of sp³-hybridized carbons (Fsp3) is 0.400. The summed E-state index contributed by atoms with van der Waals surface area (Å²) in [5.74, 6) is 0.869. The lowest BCUT2D eigenvalue weighted by atomic mass is 10.3. The van der Waals surface area contributed by atoms with Crippen molar-refractivity contribution in [1.82, 2.24) is 35.7 Å². The summed E-state index contributed by atoms with van der Waals surface area (Å²) in [7, 11) is 3.32. The topological polar surface area (TPSA) is 113 Å². The summed E-state index contributed by atoms with van der Waals surface area (Å²) in [5, 5.41) is 24.4. The van der Waals surface area contributed by atoms with Crippen molar-refractivity contribution in [2.45, 2.75) is 13.0 Å². The van der Waals surface area contributed by atoms with Gasteiger partial charge in [-0.25, -0.2) is 0 Å². The highest BCUT2D eigenvalue weighted by Gasteiger charge is 2.13. The molecule has 0 spiro atoms. The number of nitrogens with one attached hydrogen (secondary N) is 2. The lowest BCUT2D eigenvalue weighted by Gasteiger charge is -2.11. The fourth-order valence-corrected chi connectivity index (χ4v) is 1.39. The minimum Gasteiger partial charge on any atom is -0.359 e. The number of carbonyl (C=O) groups excluding carboxylic acids is 1. The Labute approximate surface area is 109 Å². The quantitative estimate of drug-likeness (QED) is 0.788. The van der Waals surface area contributed by atoms with Crippen LogP contribution in [-0.2, 0) is 0 Å². The molecule has 2 rings (SSSR count). The molecular formula is C10H14N8O. The van der Waals surface area contributed by atoms with E-state index in [0.717, 1.165) is 0 Å². The maximum atomic E-state index is 11.6. The van der Waals surface area contributed by atoms with Gasteiger partial charge in [0, 0.05) is 14.1 Å². The smallest absolute Gasteiger partial charge is 0.273 e. The maximum Gasteiger partial charge on any atom is 0.273 e. The van der Waals surface area contributed by atoms with E-state index >= 15 is 0 Å². The monoisotopic (exact) mass is 262 g/mol. The highest BCUT2D eigenvalue weighted by Crippen LogP contribution is 2.12. The van der Waals surface area contributed by atoms with Crippen molar-refractivity contribution < 1.29 is 4.79 Å². The van der Waals surface area contributed by atoms with E-state index in [0.29, 0.717) is 17.3 Å². The molecule has 0 aliphatic rings. The summed E-state index contributed by atoms with van der Waals surface area (Å²) < 4.78 is 0. The predicted octanol–water partition coefficient (Wildman–Crippen LogP) is -0.135. The minimum atomic E-state index is -0.190. The molecule has 0 aromatic carbocycles. The molecule has 2 aromatic heterocycles. The molecule has 0 saturated heterocycles. The first-order valence-corrected chi connectivity index (χ1v) is 5.63. The Kier molecular flexibility index (Phi) is 3.64. The lowest BCUT2D eigenvalue weighted by molar-refractivity contribution is 0.0821. The first kappa shape index (κ1) is 12.9. The van der Waals surface area contributed by atoms with Gasteiger partial charge in [-0.1, -0.05) is 5.21 Å². The van der Waals surface area contributed by atoms with Gasteiger partial charge in [0.1, 0.15) is 5.82 Å². The van der Waals surface area contributed by atoms with Gasteiger partial charge >= 0.3 is 0 Å². The van der Waals surface area contributed by atoms with Crippen molar-refractivity contribution in [3.63, 3.8) is 0 Å². The Balaban J connectivity index is 2.05. The van der Waals surface area contributed by atoms with Gasteiger partial charge in [0.25, 0.3) is 5.91 Å². The van der Waals surface area contributed by atoms with E-state index in [9.17, 15) is 4.79 Å². The Morgan fingerprint density at radius 2 is 2.11 bits per heavy atom. The van der Waals surface area contributed by atoms with E-state index in [2.05, 4.69) is 36.1 Å². The van der Waals surface area contributed by atoms with Gasteiger partial charge in [0.15, 0.2) is 11.5 Å². The molecule has 0 fully saturated rings. The van der Waals surface area contributed by atoms with Crippen LogP contribution < -0.4 is 5.32 Å². The maximum absolute atomic E-state index is 11.6. The van der Waals surface area contributed by atoms with Gasteiger partial charge in [-0.15, -0.1) is 20.4 Å². The average Bonchev–Trinajstić information content (AvgIpc) is 2.92. The predicted molar refractivity (Wildman–Crippen MR) is 66.3 cm³/mol. The van der Waals surface area contributed by atoms with Gasteiger partial charge < -0.3 is 10.2 Å². The van der Waals surface area contributed by atoms with Crippen LogP contribution in [0.2, 0.25) is 0 Å². The van der Waals surface area contributed by atoms with Crippen molar-refractivity contribution in [3.05, 3.63) is 23.7 Å². The summed E-state index contributed by atoms with van der Waals surface area (Å²) in [5.41, 5.74) is 0.294. The number of aromatic nitrogens is 6. The second-order valence-electron chi connectivity index (χ2n) is 4.14. The first-order valence-electron chi connectivity index (χ1n) is 5.63. The molecule has 2 N–H and O–H groups in total. The number of hydrogen-bond donors (Lipinski definition) is 2. The number of H-pyrrole nitrogens is 1. The molecular weight excluding hydrogens is 248 g/mol. The zero-order chi connectivity index (χ0) is 13.8. The third-order valence-electron chi connectivity index (χ3n) is 2.40. The Morgan fingerprint density at radius 3 is 2.63 bits per heavy atom. The van der Waals surface area contributed by atoms with Crippen LogP contribution >= 0.6 is 0 Å². The van der Waals surface area contributed by atoms with Crippen molar-refractivity contribution in [2.75, 3.05) is 19.4 Å². The summed E-state index contributed by atoms with van der Waals surface area (Å²) in [6.45, 7) is 1.87. The van der Waals surface area contributed by atoms with Crippen LogP contribution in [0.25, 0.3) is 0 Å². The van der Waals surface area contributed by atoms with E-state index in [4.69, 9.17) is 0 Å². The molecule has 100 valence electrons. The van der Waals surface area contributed by atoms with Crippen molar-refractivity contribution >= 4 is 11.7 Å². The molecule has 9 nitrogen and oxygen atoms in total. The number of aromatic amines is 1. The van der Waals surface area contributed by atoms with Crippen LogP contribution in [0.5, 0.6) is 0 Å². The number of carbonyl (C=O) groups is 1. The Hall–Kier alpha value is -2.58. The standard InChI is InChI=1S/C10H14N8O/c1-6(9-14-16-17-15-9)11-8-5-4-7(12-13-8)10(19)18(2)3/h4-6H,1-3H3,(H,11,13)(H,14,15,16,17). The first-order chi connectivity index (χ1) is 9.08. The van der Waals surface area contributed by atoms with Crippen molar-refractivity contribution in [1.29, 1.82) is 0 Å². The second kappa shape index (κ2) is 5.38. The molecule has 0 saturated carbocycles. The SMILES string of the molecule is CC(Nc1ccc(C(=O)N(C)C)nn1)c1nn[nH]n1. The molecule has 2 aromatic rings. The molecule has 19 heavy (non-hydrogen) atoms. The number of rotatable bonds is 4. The molecule has 0 radical (unpaired) electrons. The number of anilines is 1. The van der Waals surface area contributed by atoms with Gasteiger partial charge in [-0.2, -0.15) is 5.21 Å². The third-order valence-corrected chi connectivity index (χ3v) is 2.40. The highest BCUT2D eigenvalue weighted by atomic mass is 16.2. The molecule has 2 heterocycles. The van der Waals surface area contributed by atoms with Crippen LogP contribution in [0.4, 0.5) is 5.82 Å². The number of tetrazole rings is 1. The van der Waals surface area contributed by atoms with Gasteiger partial charge in [0.05, 0.1) is 6.04 Å². The molecule has 1 amide bonds. The molecule has 1 unspecified atom stereocenters. The van der Waals surface area contributed by atoms with E-state index < -0.39 is 0 Å². The largest absolute Gasteiger partial charge is 0.359 e. The highest BCUT2D eigenvalue weighted by molar-refractivity contribution is 5.91. The third kappa shape index (κ3) is 3.00. The summed E-state index contributed by atoms with van der Waals surface area (Å²) in [6, 6.07) is 3.13. The number of hydrogen-bond acceptors (Lipinski definition) is 7. The van der Waals surface area contributed by atoms with Crippen LogP contribution in [0, 0.1) is 0 Å². The lowest BCUT2D eigenvalue weighted by Crippen LogP contribution is -2.23. The van der Waals surface area contributed by atoms with Crippen LogP contribution in [0.15, 0.2) is 12.1 Å². The van der Waals surface area contributed by atoms with E-state index in [-0.39, 0.29) is 11.9 Å². The number of amides is 1. The van der Waals surface area contributed by atoms with E-state index in [1.807, 2.05) is 6.92 Å². The average molecular weight is 262 g/mol. The van der Waals surface area contributed by atoms with Crippen LogP contribution in [0.3, 0.4) is 0 Å². The van der Waals surface area contributed by atoms with Gasteiger partial charge in [0.2, 0.25) is 0 Å². The molecule has 9 heteroatoms.